The van der Waals surface area contributed by atoms with Gasteiger partial charge in [0, 0.05) is 12.1 Å². The van der Waals surface area contributed by atoms with E-state index in [2.05, 4.69) is 17.2 Å². The summed E-state index contributed by atoms with van der Waals surface area (Å²) in [7, 11) is 0. The van der Waals surface area contributed by atoms with Crippen molar-refractivity contribution in [3.8, 4) is 5.75 Å². The lowest BCUT2D eigenvalue weighted by Crippen LogP contribution is -2.33. The highest BCUT2D eigenvalue weighted by Crippen LogP contribution is 2.15. The molecule has 0 aliphatic carbocycles. The normalized spacial score (nSPS) is 9.39. The number of carbonyl (C=O) groups excluding carboxylic acids is 1. The van der Waals surface area contributed by atoms with Crippen molar-refractivity contribution in [1.82, 2.24) is 5.32 Å². The van der Waals surface area contributed by atoms with Crippen LogP contribution in [0.2, 0.25) is 0 Å². The Kier molecular flexibility index (Phi) is 5.87. The highest BCUT2D eigenvalue weighted by molar-refractivity contribution is 7.80. The molecule has 0 atom stereocenters. The smallest absolute Gasteiger partial charge is 0.225 e. The van der Waals surface area contributed by atoms with Crippen LogP contribution in [-0.2, 0) is 4.79 Å². The van der Waals surface area contributed by atoms with Crippen LogP contribution in [0.4, 0.5) is 5.69 Å². The van der Waals surface area contributed by atoms with Gasteiger partial charge in [-0.3, -0.25) is 4.79 Å². The van der Waals surface area contributed by atoms with Gasteiger partial charge in [-0.2, -0.15) is 0 Å². The van der Waals surface area contributed by atoms with Crippen molar-refractivity contribution in [3.05, 3.63) is 36.9 Å². The van der Waals surface area contributed by atoms with Crippen molar-refractivity contribution in [3.63, 3.8) is 0 Å². The minimum absolute atomic E-state index is 0.113. The van der Waals surface area contributed by atoms with Gasteiger partial charge < -0.3 is 15.4 Å². The van der Waals surface area contributed by atoms with Crippen LogP contribution in [0.1, 0.15) is 13.3 Å². The van der Waals surface area contributed by atoms with Gasteiger partial charge in [-0.25, -0.2) is 0 Å². The largest absolute Gasteiger partial charge is 0.490 e. The predicted molar refractivity (Wildman–Crippen MR) is 76.8 cm³/mol. The van der Waals surface area contributed by atoms with Gasteiger partial charge in [0.25, 0.3) is 0 Å². The highest BCUT2D eigenvalue weighted by Gasteiger charge is 2.02. The van der Waals surface area contributed by atoms with Crippen molar-refractivity contribution in [2.24, 2.45) is 0 Å². The molecule has 0 aliphatic heterocycles. The van der Waals surface area contributed by atoms with Crippen LogP contribution in [0, 0.1) is 0 Å². The summed E-state index contributed by atoms with van der Waals surface area (Å²) in [6.07, 6.45) is 2.08. The first-order valence-electron chi connectivity index (χ1n) is 5.60. The Morgan fingerprint density at radius 1 is 1.44 bits per heavy atom. The molecule has 0 spiro atoms. The lowest BCUT2D eigenvalue weighted by atomic mass is 10.3. The second-order valence-corrected chi connectivity index (χ2v) is 3.89. The zero-order valence-corrected chi connectivity index (χ0v) is 11.0. The second kappa shape index (κ2) is 7.45. The van der Waals surface area contributed by atoms with E-state index in [4.69, 9.17) is 17.0 Å². The van der Waals surface area contributed by atoms with E-state index in [0.717, 1.165) is 11.4 Å². The summed E-state index contributed by atoms with van der Waals surface area (Å²) in [5, 5.41) is 5.77. The molecular weight excluding hydrogens is 248 g/mol. The zero-order valence-electron chi connectivity index (χ0n) is 10.2. The van der Waals surface area contributed by atoms with E-state index in [9.17, 15) is 4.79 Å². The summed E-state index contributed by atoms with van der Waals surface area (Å²) in [5.41, 5.74) is 0.794. The fraction of sp³-hybridized carbons (Fsp3) is 0.231. The summed E-state index contributed by atoms with van der Waals surface area (Å²) in [6, 6.07) is 7.28. The van der Waals surface area contributed by atoms with E-state index in [1.807, 2.05) is 24.3 Å². The Hall–Kier alpha value is -1.88. The SMILES string of the molecule is C=CCOc1ccc(NC(=S)NC(=O)CC)cc1. The number of ether oxygens (including phenoxy) is 1. The fourth-order valence-corrected chi connectivity index (χ4v) is 1.40. The minimum atomic E-state index is -0.113. The third kappa shape index (κ3) is 4.97. The molecule has 0 saturated heterocycles. The van der Waals surface area contributed by atoms with Crippen LogP contribution in [-0.4, -0.2) is 17.6 Å². The van der Waals surface area contributed by atoms with E-state index in [0.29, 0.717) is 18.1 Å². The van der Waals surface area contributed by atoms with Crippen molar-refractivity contribution >= 4 is 28.9 Å². The monoisotopic (exact) mass is 264 g/mol. The number of amides is 1. The molecular formula is C13H16N2O2S. The summed E-state index contributed by atoms with van der Waals surface area (Å²) >= 11 is 4.99. The first-order chi connectivity index (χ1) is 8.65. The molecule has 96 valence electrons. The number of rotatable bonds is 5. The molecule has 2 N–H and O–H groups in total. The van der Waals surface area contributed by atoms with Crippen molar-refractivity contribution in [2.45, 2.75) is 13.3 Å². The number of hydrogen-bond donors (Lipinski definition) is 2. The Morgan fingerprint density at radius 3 is 2.67 bits per heavy atom. The van der Waals surface area contributed by atoms with E-state index < -0.39 is 0 Å². The van der Waals surface area contributed by atoms with E-state index >= 15 is 0 Å². The average molecular weight is 264 g/mol. The zero-order chi connectivity index (χ0) is 13.4. The van der Waals surface area contributed by atoms with Crippen LogP contribution in [0.25, 0.3) is 0 Å². The van der Waals surface area contributed by atoms with Gasteiger partial charge in [0.2, 0.25) is 5.91 Å². The van der Waals surface area contributed by atoms with Gasteiger partial charge in [-0.05, 0) is 36.5 Å². The second-order valence-electron chi connectivity index (χ2n) is 3.48. The molecule has 0 aromatic heterocycles. The molecule has 0 unspecified atom stereocenters. The molecule has 1 aromatic rings. The van der Waals surface area contributed by atoms with Crippen LogP contribution in [0.3, 0.4) is 0 Å². The molecule has 0 aliphatic rings. The van der Waals surface area contributed by atoms with Crippen LogP contribution in [0.5, 0.6) is 5.75 Å². The van der Waals surface area contributed by atoms with Crippen LogP contribution in [0.15, 0.2) is 36.9 Å². The highest BCUT2D eigenvalue weighted by atomic mass is 32.1. The van der Waals surface area contributed by atoms with Crippen molar-refractivity contribution in [1.29, 1.82) is 0 Å². The van der Waals surface area contributed by atoms with E-state index in [1.165, 1.54) is 0 Å². The quantitative estimate of drug-likeness (QED) is 0.633. The molecule has 1 aromatic carbocycles. The van der Waals surface area contributed by atoms with Crippen molar-refractivity contribution in [2.75, 3.05) is 11.9 Å². The first kappa shape index (κ1) is 14.2. The number of carbonyl (C=O) groups is 1. The Labute approximate surface area is 112 Å². The van der Waals surface area contributed by atoms with Gasteiger partial charge in [-0.15, -0.1) is 0 Å². The first-order valence-corrected chi connectivity index (χ1v) is 6.01. The van der Waals surface area contributed by atoms with Gasteiger partial charge in [0.05, 0.1) is 0 Å². The molecule has 0 fully saturated rings. The lowest BCUT2D eigenvalue weighted by Gasteiger charge is -2.09. The number of nitrogens with one attached hydrogen (secondary N) is 2. The minimum Gasteiger partial charge on any atom is -0.490 e. The fourth-order valence-electron chi connectivity index (χ4n) is 1.17. The molecule has 5 heteroatoms. The lowest BCUT2D eigenvalue weighted by molar-refractivity contribution is -0.119. The van der Waals surface area contributed by atoms with E-state index in [1.54, 1.807) is 13.0 Å². The number of benzene rings is 1. The summed E-state index contributed by atoms with van der Waals surface area (Å²) in [5.74, 6) is 0.641. The Bertz CT molecular complexity index is 429. The van der Waals surface area contributed by atoms with Gasteiger partial charge in [-0.1, -0.05) is 19.6 Å². The number of hydrogen-bond acceptors (Lipinski definition) is 3. The molecule has 0 heterocycles. The molecule has 18 heavy (non-hydrogen) atoms. The van der Waals surface area contributed by atoms with Gasteiger partial charge in [0.15, 0.2) is 5.11 Å². The molecule has 0 bridgehead atoms. The third-order valence-electron chi connectivity index (χ3n) is 2.05. The van der Waals surface area contributed by atoms with E-state index in [-0.39, 0.29) is 5.91 Å². The Morgan fingerprint density at radius 2 is 2.11 bits per heavy atom. The van der Waals surface area contributed by atoms with Crippen LogP contribution < -0.4 is 15.4 Å². The predicted octanol–water partition coefficient (Wildman–Crippen LogP) is 2.47. The standard InChI is InChI=1S/C13H16N2O2S/c1-3-9-17-11-7-5-10(6-8-11)14-13(18)15-12(16)4-2/h3,5-8H,1,4,9H2,2H3,(H2,14,15,16,18). The molecule has 1 amide bonds. The topological polar surface area (TPSA) is 50.4 Å². The van der Waals surface area contributed by atoms with Gasteiger partial charge >= 0.3 is 0 Å². The van der Waals surface area contributed by atoms with Crippen molar-refractivity contribution < 1.29 is 9.53 Å². The maximum Gasteiger partial charge on any atom is 0.225 e. The van der Waals surface area contributed by atoms with Crippen LogP contribution >= 0.6 is 12.2 Å². The summed E-state index contributed by atoms with van der Waals surface area (Å²) in [4.78, 5) is 11.1. The van der Waals surface area contributed by atoms with Gasteiger partial charge in [0.1, 0.15) is 12.4 Å². The Balaban J connectivity index is 2.50. The molecule has 0 radical (unpaired) electrons. The molecule has 0 saturated carbocycles. The third-order valence-corrected chi connectivity index (χ3v) is 2.26. The average Bonchev–Trinajstić information content (AvgIpc) is 2.37. The number of anilines is 1. The molecule has 1 rings (SSSR count). The molecule has 4 nitrogen and oxygen atoms in total. The summed E-state index contributed by atoms with van der Waals surface area (Å²) in [6.45, 7) is 5.81. The maximum atomic E-state index is 11.1. The summed E-state index contributed by atoms with van der Waals surface area (Å²) < 4.78 is 5.35. The maximum absolute atomic E-state index is 11.1. The number of thiocarbonyl (C=S) groups is 1.